The molecule has 7 heteroatoms. The zero-order valence-corrected chi connectivity index (χ0v) is 6.52. The van der Waals surface area contributed by atoms with Gasteiger partial charge in [-0.05, 0) is 0 Å². The average molecular weight is 191 g/mol. The summed E-state index contributed by atoms with van der Waals surface area (Å²) in [5, 5.41) is 15.1. The highest BCUT2D eigenvalue weighted by molar-refractivity contribution is 5.85. The molecule has 0 bridgehead atoms. The number of aromatic nitrogens is 3. The number of hydrogen-bond donors (Lipinski definition) is 1. The molecule has 0 spiro atoms. The lowest BCUT2D eigenvalue weighted by molar-refractivity contribution is 0.0677. The van der Waals surface area contributed by atoms with Crippen LogP contribution < -0.4 is 0 Å². The Kier molecular flexibility index (Phi) is 2.88. The summed E-state index contributed by atoms with van der Waals surface area (Å²) in [6, 6.07) is -1.20. The van der Waals surface area contributed by atoms with Crippen LogP contribution in [0.15, 0.2) is 6.20 Å². The third kappa shape index (κ3) is 1.79. The number of carbonyl (C=O) groups is 1. The second-order valence-electron chi connectivity index (χ2n) is 2.33. The summed E-state index contributed by atoms with van der Waals surface area (Å²) < 4.78 is 25.0. The van der Waals surface area contributed by atoms with E-state index < -0.39 is 25.4 Å². The molecule has 0 aliphatic heterocycles. The Morgan fingerprint density at radius 1 is 1.62 bits per heavy atom. The van der Waals surface area contributed by atoms with Gasteiger partial charge in [0.25, 0.3) is 0 Å². The Bertz CT molecular complexity index is 298. The number of carboxylic acid groups (broad SMARTS) is 1. The molecule has 0 aliphatic carbocycles. The van der Waals surface area contributed by atoms with Gasteiger partial charge in [-0.3, -0.25) is 0 Å². The summed E-state index contributed by atoms with van der Waals surface area (Å²) in [6.45, 7) is -2.03. The average Bonchev–Trinajstić information content (AvgIpc) is 2.55. The Hall–Kier alpha value is -1.53. The van der Waals surface area contributed by atoms with E-state index in [-0.39, 0.29) is 5.69 Å². The van der Waals surface area contributed by atoms with Crippen LogP contribution in [0.2, 0.25) is 0 Å². The molecule has 0 saturated heterocycles. The lowest BCUT2D eigenvalue weighted by atomic mass is 10.3. The zero-order valence-electron chi connectivity index (χ0n) is 6.52. The highest BCUT2D eigenvalue weighted by Gasteiger charge is 2.19. The van der Waals surface area contributed by atoms with E-state index in [1.54, 1.807) is 0 Å². The van der Waals surface area contributed by atoms with Crippen LogP contribution in [-0.4, -0.2) is 39.4 Å². The van der Waals surface area contributed by atoms with Crippen molar-refractivity contribution in [1.29, 1.82) is 0 Å². The van der Waals surface area contributed by atoms with Crippen LogP contribution in [0.4, 0.5) is 8.78 Å². The number of carboxylic acids is 1. The van der Waals surface area contributed by atoms with Crippen LogP contribution in [0.1, 0.15) is 16.5 Å². The van der Waals surface area contributed by atoms with Gasteiger partial charge in [-0.15, -0.1) is 5.10 Å². The molecule has 13 heavy (non-hydrogen) atoms. The van der Waals surface area contributed by atoms with Gasteiger partial charge in [0, 0.05) is 0 Å². The molecular weight excluding hydrogens is 184 g/mol. The van der Waals surface area contributed by atoms with Crippen molar-refractivity contribution in [2.45, 2.75) is 6.04 Å². The van der Waals surface area contributed by atoms with Crippen molar-refractivity contribution in [3.05, 3.63) is 11.9 Å². The first-order valence-electron chi connectivity index (χ1n) is 3.46. The number of alkyl halides is 2. The quantitative estimate of drug-likeness (QED) is 0.750. The first-order valence-corrected chi connectivity index (χ1v) is 3.46. The minimum absolute atomic E-state index is 0.319. The number of halogens is 2. The van der Waals surface area contributed by atoms with E-state index in [1.807, 2.05) is 0 Å². The lowest BCUT2D eigenvalue weighted by Gasteiger charge is -2.09. The molecule has 0 fully saturated rings. The second-order valence-corrected chi connectivity index (χ2v) is 2.33. The summed E-state index contributed by atoms with van der Waals surface area (Å²) in [6.07, 6.45) is 0.945. The van der Waals surface area contributed by atoms with Gasteiger partial charge in [0.1, 0.15) is 19.4 Å². The Labute approximate surface area is 72.0 Å². The van der Waals surface area contributed by atoms with Gasteiger partial charge in [0.2, 0.25) is 0 Å². The van der Waals surface area contributed by atoms with Crippen LogP contribution >= 0.6 is 0 Å². The first-order chi connectivity index (χ1) is 6.20. The highest BCUT2D eigenvalue weighted by Crippen LogP contribution is 2.09. The third-order valence-corrected chi connectivity index (χ3v) is 1.50. The molecule has 0 atom stereocenters. The largest absolute Gasteiger partial charge is 0.476 e. The summed E-state index contributed by atoms with van der Waals surface area (Å²) in [7, 11) is 0. The van der Waals surface area contributed by atoms with Crippen molar-refractivity contribution in [1.82, 2.24) is 15.0 Å². The smallest absolute Gasteiger partial charge is 0.355 e. The van der Waals surface area contributed by atoms with E-state index >= 15 is 0 Å². The monoisotopic (exact) mass is 191 g/mol. The van der Waals surface area contributed by atoms with Crippen molar-refractivity contribution in [2.24, 2.45) is 0 Å². The third-order valence-electron chi connectivity index (χ3n) is 1.50. The minimum atomic E-state index is -1.31. The molecular formula is C6H7F2N3O2. The van der Waals surface area contributed by atoms with Crippen molar-refractivity contribution < 1.29 is 18.7 Å². The first kappa shape index (κ1) is 9.56. The standard InChI is InChI=1S/C6H7F2N3O2/c7-1-4(2-8)11-5(6(12)13)3-9-10-11/h3-4H,1-2H2,(H,12,13). The molecule has 0 aromatic carbocycles. The minimum Gasteiger partial charge on any atom is -0.476 e. The Morgan fingerprint density at radius 3 is 2.69 bits per heavy atom. The van der Waals surface area contributed by atoms with Crippen molar-refractivity contribution in [3.63, 3.8) is 0 Å². The molecule has 0 unspecified atom stereocenters. The second kappa shape index (κ2) is 3.92. The predicted octanol–water partition coefficient (Wildman–Crippen LogP) is 0.456. The van der Waals surface area contributed by atoms with Crippen molar-refractivity contribution in [2.75, 3.05) is 13.3 Å². The summed E-state index contributed by atoms with van der Waals surface area (Å²) in [5.41, 5.74) is -0.319. The SMILES string of the molecule is O=C(O)c1cnnn1C(CF)CF. The molecule has 1 rings (SSSR count). The van der Waals surface area contributed by atoms with Crippen molar-refractivity contribution in [3.8, 4) is 0 Å². The topological polar surface area (TPSA) is 68.0 Å². The molecule has 0 radical (unpaired) electrons. The van der Waals surface area contributed by atoms with Gasteiger partial charge >= 0.3 is 5.97 Å². The molecule has 1 N–H and O–H groups in total. The van der Waals surface area contributed by atoms with Crippen LogP contribution in [0, 0.1) is 0 Å². The lowest BCUT2D eigenvalue weighted by Crippen LogP contribution is -2.19. The van der Waals surface area contributed by atoms with Gasteiger partial charge in [0.15, 0.2) is 5.69 Å². The van der Waals surface area contributed by atoms with E-state index in [4.69, 9.17) is 5.11 Å². The van der Waals surface area contributed by atoms with Gasteiger partial charge in [-0.1, -0.05) is 5.21 Å². The highest BCUT2D eigenvalue weighted by atomic mass is 19.1. The number of aromatic carboxylic acids is 1. The maximum absolute atomic E-state index is 12.1. The zero-order chi connectivity index (χ0) is 9.84. The van der Waals surface area contributed by atoms with Gasteiger partial charge in [0.05, 0.1) is 6.20 Å². The van der Waals surface area contributed by atoms with Gasteiger partial charge in [-0.2, -0.15) is 0 Å². The van der Waals surface area contributed by atoms with E-state index in [0.717, 1.165) is 10.9 Å². The fourth-order valence-corrected chi connectivity index (χ4v) is 0.838. The molecule has 1 heterocycles. The summed E-state index contributed by atoms with van der Waals surface area (Å²) in [4.78, 5) is 10.5. The predicted molar refractivity (Wildman–Crippen MR) is 38.0 cm³/mol. The van der Waals surface area contributed by atoms with E-state index in [2.05, 4.69) is 10.3 Å². The fourth-order valence-electron chi connectivity index (χ4n) is 0.838. The molecule has 0 aliphatic rings. The van der Waals surface area contributed by atoms with E-state index in [1.165, 1.54) is 0 Å². The Morgan fingerprint density at radius 2 is 2.23 bits per heavy atom. The molecule has 0 saturated carbocycles. The summed E-state index contributed by atoms with van der Waals surface area (Å²) in [5.74, 6) is -1.31. The maximum Gasteiger partial charge on any atom is 0.355 e. The number of hydrogen-bond acceptors (Lipinski definition) is 3. The maximum atomic E-state index is 12.1. The van der Waals surface area contributed by atoms with Crippen LogP contribution in [-0.2, 0) is 0 Å². The van der Waals surface area contributed by atoms with Gasteiger partial charge < -0.3 is 5.11 Å². The molecule has 1 aromatic rings. The number of nitrogens with zero attached hydrogens (tertiary/aromatic N) is 3. The number of rotatable bonds is 4. The van der Waals surface area contributed by atoms with Crippen LogP contribution in [0.3, 0.4) is 0 Å². The van der Waals surface area contributed by atoms with Crippen LogP contribution in [0.25, 0.3) is 0 Å². The van der Waals surface area contributed by atoms with E-state index in [9.17, 15) is 13.6 Å². The molecule has 72 valence electrons. The van der Waals surface area contributed by atoms with Crippen molar-refractivity contribution >= 4 is 5.97 Å². The molecule has 1 aromatic heterocycles. The Balaban J connectivity index is 2.98. The van der Waals surface area contributed by atoms with E-state index in [0.29, 0.717) is 0 Å². The fraction of sp³-hybridized carbons (Fsp3) is 0.500. The van der Waals surface area contributed by atoms with Crippen LogP contribution in [0.5, 0.6) is 0 Å². The molecule has 5 nitrogen and oxygen atoms in total. The normalized spacial score (nSPS) is 10.7. The van der Waals surface area contributed by atoms with Gasteiger partial charge in [-0.25, -0.2) is 18.3 Å². The summed E-state index contributed by atoms with van der Waals surface area (Å²) >= 11 is 0. The molecule has 0 amide bonds.